The van der Waals surface area contributed by atoms with Crippen molar-refractivity contribution in [1.82, 2.24) is 9.55 Å². The second-order valence-corrected chi connectivity index (χ2v) is 9.89. The minimum Gasteiger partial charge on any atom is -0.453 e. The van der Waals surface area contributed by atoms with Crippen LogP contribution in [0, 0.1) is 0 Å². The summed E-state index contributed by atoms with van der Waals surface area (Å²) < 4.78 is 8.56. The molecule has 180 valence electrons. The van der Waals surface area contributed by atoms with Crippen molar-refractivity contribution in [3.8, 4) is 39.4 Å². The van der Waals surface area contributed by atoms with E-state index in [1.54, 1.807) is 0 Å². The van der Waals surface area contributed by atoms with Gasteiger partial charge in [0.1, 0.15) is 11.3 Å². The number of imidazole rings is 1. The van der Waals surface area contributed by atoms with Gasteiger partial charge in [-0.15, -0.1) is 0 Å². The van der Waals surface area contributed by atoms with Crippen LogP contribution in [0.5, 0.6) is 11.5 Å². The number of hydrogen-bond acceptors (Lipinski definition) is 2. The predicted octanol–water partition coefficient (Wildman–Crippen LogP) is 9.33. The fourth-order valence-electron chi connectivity index (χ4n) is 5.93. The summed E-state index contributed by atoms with van der Waals surface area (Å²) in [5, 5.41) is 5.12. The number of benzene rings is 6. The SMILES string of the molecule is CCc1nc2cccc3c2n1-c1cc(-c2ccc(-c4cc5ccccc5c5ccccc45)cc2)ccc1O3. The van der Waals surface area contributed by atoms with E-state index >= 15 is 0 Å². The standard InChI is InChI=1S/C35H24N2O/c1-2-34-36-30-12-7-13-33-35(30)37(34)31-21-24(18-19-32(31)38-33)22-14-16-23(17-15-22)29-20-25-8-3-4-9-26(25)27-10-5-6-11-28(27)29/h3-21H,2H2,1H3. The van der Waals surface area contributed by atoms with Gasteiger partial charge < -0.3 is 4.74 Å². The highest BCUT2D eigenvalue weighted by atomic mass is 16.5. The minimum absolute atomic E-state index is 0.853. The molecule has 1 aliphatic rings. The number of aromatic nitrogens is 2. The molecule has 0 radical (unpaired) electrons. The number of rotatable bonds is 3. The van der Waals surface area contributed by atoms with Gasteiger partial charge in [-0.2, -0.15) is 0 Å². The van der Waals surface area contributed by atoms with E-state index in [0.717, 1.165) is 46.0 Å². The molecule has 0 unspecified atom stereocenters. The van der Waals surface area contributed by atoms with Gasteiger partial charge in [0.2, 0.25) is 0 Å². The summed E-state index contributed by atoms with van der Waals surface area (Å²) in [7, 11) is 0. The molecule has 7 aromatic rings. The molecule has 3 heteroatoms. The topological polar surface area (TPSA) is 27.1 Å². The lowest BCUT2D eigenvalue weighted by molar-refractivity contribution is 0.474. The molecule has 0 amide bonds. The third-order valence-electron chi connectivity index (χ3n) is 7.74. The van der Waals surface area contributed by atoms with E-state index < -0.39 is 0 Å². The first-order chi connectivity index (χ1) is 18.8. The third-order valence-corrected chi connectivity index (χ3v) is 7.74. The van der Waals surface area contributed by atoms with E-state index in [-0.39, 0.29) is 0 Å². The maximum Gasteiger partial charge on any atom is 0.153 e. The Morgan fingerprint density at radius 3 is 2.21 bits per heavy atom. The van der Waals surface area contributed by atoms with Crippen molar-refractivity contribution in [3.63, 3.8) is 0 Å². The van der Waals surface area contributed by atoms with Gasteiger partial charge in [-0.1, -0.05) is 91.9 Å². The van der Waals surface area contributed by atoms with E-state index in [0.29, 0.717) is 0 Å². The molecular formula is C35H24N2O. The summed E-state index contributed by atoms with van der Waals surface area (Å²) in [4.78, 5) is 4.88. The van der Waals surface area contributed by atoms with Gasteiger partial charge in [0.05, 0.1) is 11.2 Å². The first kappa shape index (κ1) is 21.2. The summed E-state index contributed by atoms with van der Waals surface area (Å²) in [6.45, 7) is 2.15. The zero-order valence-corrected chi connectivity index (χ0v) is 21.0. The average Bonchev–Trinajstić information content (AvgIpc) is 3.37. The van der Waals surface area contributed by atoms with Crippen molar-refractivity contribution < 1.29 is 4.74 Å². The van der Waals surface area contributed by atoms with Crippen LogP contribution in [0.15, 0.2) is 115 Å². The third kappa shape index (κ3) is 3.05. The first-order valence-corrected chi connectivity index (χ1v) is 13.1. The van der Waals surface area contributed by atoms with Crippen LogP contribution >= 0.6 is 0 Å². The average molecular weight is 489 g/mol. The summed E-state index contributed by atoms with van der Waals surface area (Å²) in [5.41, 5.74) is 7.88. The number of fused-ring (bicyclic) bond motifs is 5. The Balaban J connectivity index is 1.24. The van der Waals surface area contributed by atoms with E-state index in [1.807, 2.05) is 12.1 Å². The van der Waals surface area contributed by atoms with Crippen LogP contribution in [0.4, 0.5) is 0 Å². The molecule has 6 aromatic carbocycles. The predicted molar refractivity (Wildman–Crippen MR) is 156 cm³/mol. The molecule has 2 heterocycles. The maximum absolute atomic E-state index is 6.29. The molecule has 8 rings (SSSR count). The smallest absolute Gasteiger partial charge is 0.153 e. The molecule has 0 fully saturated rings. The quantitative estimate of drug-likeness (QED) is 0.232. The van der Waals surface area contributed by atoms with Crippen LogP contribution in [-0.2, 0) is 6.42 Å². The van der Waals surface area contributed by atoms with Crippen molar-refractivity contribution in [2.45, 2.75) is 13.3 Å². The lowest BCUT2D eigenvalue weighted by Gasteiger charge is -2.21. The highest BCUT2D eigenvalue weighted by Crippen LogP contribution is 2.43. The van der Waals surface area contributed by atoms with Gasteiger partial charge in [0, 0.05) is 6.42 Å². The van der Waals surface area contributed by atoms with Crippen molar-refractivity contribution in [2.24, 2.45) is 0 Å². The Morgan fingerprint density at radius 1 is 0.632 bits per heavy atom. The minimum atomic E-state index is 0.853. The molecule has 1 aromatic heterocycles. The fraction of sp³-hybridized carbons (Fsp3) is 0.0571. The molecular weight excluding hydrogens is 464 g/mol. The number of aryl methyl sites for hydroxylation is 1. The van der Waals surface area contributed by atoms with Gasteiger partial charge >= 0.3 is 0 Å². The monoisotopic (exact) mass is 488 g/mol. The molecule has 0 N–H and O–H groups in total. The summed E-state index contributed by atoms with van der Waals surface area (Å²) in [5.74, 6) is 2.77. The zero-order valence-electron chi connectivity index (χ0n) is 21.0. The van der Waals surface area contributed by atoms with Crippen LogP contribution < -0.4 is 4.74 Å². The molecule has 0 aliphatic carbocycles. The number of nitrogens with zero attached hydrogens (tertiary/aromatic N) is 2. The Morgan fingerprint density at radius 2 is 1.37 bits per heavy atom. The van der Waals surface area contributed by atoms with Crippen molar-refractivity contribution >= 4 is 32.6 Å². The Labute approximate surface area is 220 Å². The molecule has 3 nitrogen and oxygen atoms in total. The van der Waals surface area contributed by atoms with Crippen LogP contribution in [0.25, 0.3) is 60.5 Å². The molecule has 0 spiro atoms. The second kappa shape index (κ2) is 8.06. The molecule has 0 bridgehead atoms. The second-order valence-electron chi connectivity index (χ2n) is 9.89. The van der Waals surface area contributed by atoms with Crippen LogP contribution in [-0.4, -0.2) is 9.55 Å². The number of hydrogen-bond donors (Lipinski definition) is 0. The van der Waals surface area contributed by atoms with Gasteiger partial charge in [-0.3, -0.25) is 4.57 Å². The lowest BCUT2D eigenvalue weighted by Crippen LogP contribution is -2.07. The molecule has 38 heavy (non-hydrogen) atoms. The van der Waals surface area contributed by atoms with Crippen LogP contribution in [0.2, 0.25) is 0 Å². The van der Waals surface area contributed by atoms with E-state index in [4.69, 9.17) is 9.72 Å². The van der Waals surface area contributed by atoms with E-state index in [9.17, 15) is 0 Å². The molecule has 0 atom stereocenters. The molecule has 0 saturated carbocycles. The normalized spacial score (nSPS) is 12.1. The first-order valence-electron chi connectivity index (χ1n) is 13.1. The van der Waals surface area contributed by atoms with Crippen molar-refractivity contribution in [3.05, 3.63) is 121 Å². The van der Waals surface area contributed by atoms with Crippen LogP contribution in [0.3, 0.4) is 0 Å². The largest absolute Gasteiger partial charge is 0.453 e. The maximum atomic E-state index is 6.29. The highest BCUT2D eigenvalue weighted by molar-refractivity contribution is 6.13. The lowest BCUT2D eigenvalue weighted by atomic mass is 9.92. The summed E-state index contributed by atoms with van der Waals surface area (Å²) in [6.07, 6.45) is 0.853. The summed E-state index contributed by atoms with van der Waals surface area (Å²) >= 11 is 0. The van der Waals surface area contributed by atoms with Gasteiger partial charge in [0.25, 0.3) is 0 Å². The number of ether oxygens (including phenoxy) is 1. The highest BCUT2D eigenvalue weighted by Gasteiger charge is 2.24. The van der Waals surface area contributed by atoms with Gasteiger partial charge in [-0.25, -0.2) is 4.98 Å². The Kier molecular flexibility index (Phi) is 4.50. The zero-order chi connectivity index (χ0) is 25.2. The fourth-order valence-corrected chi connectivity index (χ4v) is 5.93. The van der Waals surface area contributed by atoms with E-state index in [1.165, 1.54) is 38.2 Å². The van der Waals surface area contributed by atoms with Gasteiger partial charge in [0.15, 0.2) is 11.5 Å². The van der Waals surface area contributed by atoms with Crippen molar-refractivity contribution in [2.75, 3.05) is 0 Å². The Bertz CT molecular complexity index is 2030. The molecule has 0 saturated heterocycles. The van der Waals surface area contributed by atoms with E-state index in [2.05, 4.69) is 115 Å². The van der Waals surface area contributed by atoms with Gasteiger partial charge in [-0.05, 0) is 74.1 Å². The summed E-state index contributed by atoms with van der Waals surface area (Å²) in [6, 6.07) is 41.1. The number of para-hydroxylation sites is 1. The molecule has 1 aliphatic heterocycles. The van der Waals surface area contributed by atoms with Crippen molar-refractivity contribution in [1.29, 1.82) is 0 Å². The Hall–Kier alpha value is -4.89. The van der Waals surface area contributed by atoms with Crippen LogP contribution in [0.1, 0.15) is 12.7 Å².